The maximum atomic E-state index is 6.45. The lowest BCUT2D eigenvalue weighted by Gasteiger charge is -2.28. The van der Waals surface area contributed by atoms with E-state index in [0.29, 0.717) is 0 Å². The van der Waals surface area contributed by atoms with Crippen molar-refractivity contribution >= 4 is 71.7 Å². The van der Waals surface area contributed by atoms with Gasteiger partial charge in [-0.25, -0.2) is 0 Å². The average molecular weight is 856 g/mol. The highest BCUT2D eigenvalue weighted by Crippen LogP contribution is 2.44. The Balaban J connectivity index is 0.930. The lowest BCUT2D eigenvalue weighted by molar-refractivity contribution is 0.669. The monoisotopic (exact) mass is 855 g/mol. The minimum Gasteiger partial charge on any atom is -0.456 e. The maximum absolute atomic E-state index is 6.45. The molecule has 3 heteroatoms. The van der Waals surface area contributed by atoms with Gasteiger partial charge in [-0.3, -0.25) is 0 Å². The second-order valence-corrected chi connectivity index (χ2v) is 17.3. The van der Waals surface area contributed by atoms with E-state index in [-0.39, 0.29) is 0 Å². The Kier molecular flexibility index (Phi) is 9.17. The predicted octanol–water partition coefficient (Wildman–Crippen LogP) is 18.4. The zero-order valence-corrected chi connectivity index (χ0v) is 36.4. The van der Waals surface area contributed by atoms with Gasteiger partial charge in [0.05, 0.1) is 5.69 Å². The SMILES string of the molecule is c1ccc(-c2ccc(-c3ccc(N(c4ccc(-c5ccc6oc7ccccc7c6c5)cc4)c4ccccc4-c4ccc5oc6cc7ccccc7cc6c5c4)cc3)cc2-c2ccccc2)cc1. The highest BCUT2D eigenvalue weighted by molar-refractivity contribution is 6.11. The molecule has 0 saturated heterocycles. The van der Waals surface area contributed by atoms with Gasteiger partial charge in [0, 0.05) is 38.5 Å². The molecule has 0 unspecified atom stereocenters. The van der Waals surface area contributed by atoms with Crippen LogP contribution >= 0.6 is 0 Å². The molecule has 13 aromatic rings. The number of anilines is 3. The van der Waals surface area contributed by atoms with Gasteiger partial charge in [0.2, 0.25) is 0 Å². The summed E-state index contributed by atoms with van der Waals surface area (Å²) < 4.78 is 12.6. The first-order valence-electron chi connectivity index (χ1n) is 22.8. The van der Waals surface area contributed by atoms with Crippen molar-refractivity contribution in [3.05, 3.63) is 249 Å². The summed E-state index contributed by atoms with van der Waals surface area (Å²) >= 11 is 0. The molecule has 11 aromatic carbocycles. The van der Waals surface area contributed by atoms with E-state index in [0.717, 1.165) is 94.3 Å². The molecule has 0 saturated carbocycles. The highest BCUT2D eigenvalue weighted by atomic mass is 16.3. The fraction of sp³-hybridized carbons (Fsp3) is 0. The Bertz CT molecular complexity index is 3960. The largest absolute Gasteiger partial charge is 0.456 e. The molecule has 0 fully saturated rings. The predicted molar refractivity (Wildman–Crippen MR) is 280 cm³/mol. The van der Waals surface area contributed by atoms with E-state index in [2.05, 4.69) is 241 Å². The third-order valence-corrected chi connectivity index (χ3v) is 13.3. The number of para-hydroxylation sites is 2. The van der Waals surface area contributed by atoms with Crippen LogP contribution in [0, 0.1) is 0 Å². The zero-order valence-electron chi connectivity index (χ0n) is 36.4. The van der Waals surface area contributed by atoms with Gasteiger partial charge in [-0.2, -0.15) is 0 Å². The van der Waals surface area contributed by atoms with E-state index in [4.69, 9.17) is 8.83 Å². The van der Waals surface area contributed by atoms with Crippen LogP contribution in [-0.4, -0.2) is 0 Å². The number of rotatable bonds is 8. The molecule has 0 aliphatic carbocycles. The first-order chi connectivity index (χ1) is 33.2. The summed E-state index contributed by atoms with van der Waals surface area (Å²) in [4.78, 5) is 2.38. The molecule has 0 aliphatic heterocycles. The molecule has 2 aromatic heterocycles. The summed E-state index contributed by atoms with van der Waals surface area (Å²) in [7, 11) is 0. The van der Waals surface area contributed by atoms with Gasteiger partial charge in [-0.05, 0) is 140 Å². The van der Waals surface area contributed by atoms with Crippen LogP contribution in [0.15, 0.2) is 258 Å². The van der Waals surface area contributed by atoms with Crippen molar-refractivity contribution in [3.8, 4) is 55.6 Å². The number of furan rings is 2. The van der Waals surface area contributed by atoms with Crippen LogP contribution < -0.4 is 4.90 Å². The van der Waals surface area contributed by atoms with Gasteiger partial charge in [0.25, 0.3) is 0 Å². The molecular formula is C64H41NO2. The Hall–Kier alpha value is -8.92. The summed E-state index contributed by atoms with van der Waals surface area (Å²) in [5, 5.41) is 6.83. The zero-order chi connectivity index (χ0) is 44.3. The number of hydrogen-bond acceptors (Lipinski definition) is 3. The lowest BCUT2D eigenvalue weighted by atomic mass is 9.91. The summed E-state index contributed by atoms with van der Waals surface area (Å²) in [6, 6.07) is 89.1. The van der Waals surface area contributed by atoms with Crippen molar-refractivity contribution in [1.82, 2.24) is 0 Å². The highest BCUT2D eigenvalue weighted by Gasteiger charge is 2.20. The third-order valence-electron chi connectivity index (χ3n) is 13.3. The van der Waals surface area contributed by atoms with Crippen molar-refractivity contribution in [2.24, 2.45) is 0 Å². The minimum absolute atomic E-state index is 0.878. The molecule has 3 nitrogen and oxygen atoms in total. The van der Waals surface area contributed by atoms with Crippen molar-refractivity contribution < 1.29 is 8.83 Å². The summed E-state index contributed by atoms with van der Waals surface area (Å²) in [6.07, 6.45) is 0. The van der Waals surface area contributed by atoms with E-state index in [9.17, 15) is 0 Å². The lowest BCUT2D eigenvalue weighted by Crippen LogP contribution is -2.11. The average Bonchev–Trinajstić information content (AvgIpc) is 3.96. The van der Waals surface area contributed by atoms with Crippen LogP contribution in [0.5, 0.6) is 0 Å². The summed E-state index contributed by atoms with van der Waals surface area (Å²) in [6.45, 7) is 0. The van der Waals surface area contributed by atoms with Gasteiger partial charge in [-0.15, -0.1) is 0 Å². The number of fused-ring (bicyclic) bond motifs is 7. The molecule has 0 atom stereocenters. The fourth-order valence-electron chi connectivity index (χ4n) is 9.93. The Morgan fingerprint density at radius 3 is 1.43 bits per heavy atom. The molecular weight excluding hydrogens is 815 g/mol. The fourth-order valence-corrected chi connectivity index (χ4v) is 9.93. The van der Waals surface area contributed by atoms with Crippen molar-refractivity contribution in [1.29, 1.82) is 0 Å². The first kappa shape index (κ1) is 38.5. The van der Waals surface area contributed by atoms with Gasteiger partial charge >= 0.3 is 0 Å². The molecule has 0 aliphatic rings. The first-order valence-corrected chi connectivity index (χ1v) is 22.8. The Morgan fingerprint density at radius 1 is 0.239 bits per heavy atom. The smallest absolute Gasteiger partial charge is 0.136 e. The molecule has 0 N–H and O–H groups in total. The van der Waals surface area contributed by atoms with Crippen molar-refractivity contribution in [2.45, 2.75) is 0 Å². The quantitative estimate of drug-likeness (QED) is 0.152. The van der Waals surface area contributed by atoms with E-state index >= 15 is 0 Å². The second kappa shape index (κ2) is 16.0. The normalized spacial score (nSPS) is 11.6. The van der Waals surface area contributed by atoms with E-state index < -0.39 is 0 Å². The topological polar surface area (TPSA) is 29.5 Å². The van der Waals surface area contributed by atoms with Crippen molar-refractivity contribution in [2.75, 3.05) is 4.90 Å². The van der Waals surface area contributed by atoms with Gasteiger partial charge < -0.3 is 13.7 Å². The molecule has 0 spiro atoms. The van der Waals surface area contributed by atoms with E-state index in [1.165, 1.54) is 33.0 Å². The Morgan fingerprint density at radius 2 is 0.716 bits per heavy atom. The van der Waals surface area contributed by atoms with Crippen LogP contribution in [0.4, 0.5) is 17.1 Å². The molecule has 67 heavy (non-hydrogen) atoms. The molecule has 0 amide bonds. The maximum Gasteiger partial charge on any atom is 0.136 e. The number of benzene rings is 11. The van der Waals surface area contributed by atoms with Gasteiger partial charge in [0.15, 0.2) is 0 Å². The van der Waals surface area contributed by atoms with Crippen LogP contribution in [0.25, 0.3) is 110 Å². The van der Waals surface area contributed by atoms with E-state index in [1.807, 2.05) is 12.1 Å². The molecule has 0 radical (unpaired) electrons. The van der Waals surface area contributed by atoms with Crippen LogP contribution in [0.2, 0.25) is 0 Å². The number of nitrogens with zero attached hydrogens (tertiary/aromatic N) is 1. The van der Waals surface area contributed by atoms with Gasteiger partial charge in [-0.1, -0.05) is 170 Å². The standard InChI is InChI=1S/C64H41NO2/c1-3-13-44(14-4-1)53-34-27-48(37-56(53)45-15-5-2-6-16-45)42-23-30-51(31-24-42)65(52-32-25-43(26-33-52)49-28-35-62-57(39-49)55-20-10-12-22-61(55)66-62)60-21-11-9-19-54(60)50-29-36-63-58(40-50)59-38-46-17-7-8-18-47(46)41-64(59)67-63/h1-41H. The molecule has 2 heterocycles. The summed E-state index contributed by atoms with van der Waals surface area (Å²) in [5.41, 5.74) is 18.4. The number of hydrogen-bond donors (Lipinski definition) is 0. The van der Waals surface area contributed by atoms with Crippen LogP contribution in [0.1, 0.15) is 0 Å². The second-order valence-electron chi connectivity index (χ2n) is 17.3. The molecule has 0 bridgehead atoms. The van der Waals surface area contributed by atoms with Crippen LogP contribution in [-0.2, 0) is 0 Å². The Labute approximate surface area is 388 Å². The van der Waals surface area contributed by atoms with Crippen molar-refractivity contribution in [3.63, 3.8) is 0 Å². The summed E-state index contributed by atoms with van der Waals surface area (Å²) in [5.74, 6) is 0. The van der Waals surface area contributed by atoms with E-state index in [1.54, 1.807) is 0 Å². The van der Waals surface area contributed by atoms with Gasteiger partial charge in [0.1, 0.15) is 22.3 Å². The molecule has 13 rings (SSSR count). The van der Waals surface area contributed by atoms with Crippen LogP contribution in [0.3, 0.4) is 0 Å². The third kappa shape index (κ3) is 6.84. The minimum atomic E-state index is 0.878. The molecule has 314 valence electrons.